The molecule has 0 spiro atoms. The van der Waals surface area contributed by atoms with Crippen LogP contribution in [0.1, 0.15) is 26.7 Å². The number of rotatable bonds is 3. The highest BCUT2D eigenvalue weighted by Crippen LogP contribution is 2.42. The van der Waals surface area contributed by atoms with Crippen LogP contribution in [0.25, 0.3) is 0 Å². The van der Waals surface area contributed by atoms with E-state index < -0.39 is 42.1 Å². The molecule has 0 atom stereocenters. The Bertz CT molecular complexity index is 294. The van der Waals surface area contributed by atoms with Gasteiger partial charge in [0, 0.05) is 18.8 Å². The Kier molecular flexibility index (Phi) is 2.71. The third kappa shape index (κ3) is 2.64. The van der Waals surface area contributed by atoms with E-state index in [0.29, 0.717) is 0 Å². The van der Waals surface area contributed by atoms with Crippen molar-refractivity contribution in [1.82, 2.24) is 5.32 Å². The molecule has 1 rings (SSSR count). The lowest BCUT2D eigenvalue weighted by Gasteiger charge is -2.35. The first-order chi connectivity index (χ1) is 6.64. The summed E-state index contributed by atoms with van der Waals surface area (Å²) in [5, 5.41) is 10.9. The Hall–Kier alpha value is -1.20. The zero-order valence-electron chi connectivity index (χ0n) is 8.51. The van der Waals surface area contributed by atoms with Crippen LogP contribution in [0.3, 0.4) is 0 Å². The van der Waals surface area contributed by atoms with Crippen molar-refractivity contribution in [2.75, 3.05) is 0 Å². The molecule has 0 unspecified atom stereocenters. The smallest absolute Gasteiger partial charge is 0.328 e. The summed E-state index contributed by atoms with van der Waals surface area (Å²) in [6, 6.07) is 0. The summed E-state index contributed by atoms with van der Waals surface area (Å²) in [5.74, 6) is -5.34. The van der Waals surface area contributed by atoms with Gasteiger partial charge in [-0.2, -0.15) is 0 Å². The molecular formula is C9H13F2NO3. The van der Waals surface area contributed by atoms with Crippen molar-refractivity contribution in [2.45, 2.75) is 38.2 Å². The number of carbonyl (C=O) groups is 2. The Morgan fingerprint density at radius 1 is 1.40 bits per heavy atom. The van der Waals surface area contributed by atoms with Crippen LogP contribution in [0.15, 0.2) is 0 Å². The lowest BCUT2D eigenvalue weighted by molar-refractivity contribution is -0.156. The number of alkyl halides is 2. The van der Waals surface area contributed by atoms with Gasteiger partial charge in [-0.05, 0) is 13.8 Å². The maximum Gasteiger partial charge on any atom is 0.328 e. The molecule has 6 heteroatoms. The van der Waals surface area contributed by atoms with Gasteiger partial charge < -0.3 is 10.4 Å². The van der Waals surface area contributed by atoms with E-state index in [-0.39, 0.29) is 0 Å². The number of amides is 1. The van der Waals surface area contributed by atoms with Crippen LogP contribution in [0.5, 0.6) is 0 Å². The van der Waals surface area contributed by atoms with E-state index in [4.69, 9.17) is 5.11 Å². The van der Waals surface area contributed by atoms with Crippen LogP contribution in [0, 0.1) is 5.92 Å². The van der Waals surface area contributed by atoms with E-state index in [0.717, 1.165) is 0 Å². The number of halogens is 2. The average Bonchev–Trinajstić information content (AvgIpc) is 1.98. The van der Waals surface area contributed by atoms with Crippen molar-refractivity contribution in [2.24, 2.45) is 5.92 Å². The molecule has 0 saturated heterocycles. The molecule has 15 heavy (non-hydrogen) atoms. The fraction of sp³-hybridized carbons (Fsp3) is 0.778. The van der Waals surface area contributed by atoms with Crippen molar-refractivity contribution < 1.29 is 23.5 Å². The van der Waals surface area contributed by atoms with Crippen LogP contribution in [0.4, 0.5) is 8.78 Å². The summed E-state index contributed by atoms with van der Waals surface area (Å²) >= 11 is 0. The Morgan fingerprint density at radius 3 is 2.20 bits per heavy atom. The molecular weight excluding hydrogens is 208 g/mol. The zero-order chi connectivity index (χ0) is 11.9. The second kappa shape index (κ2) is 3.43. The highest BCUT2D eigenvalue weighted by atomic mass is 19.3. The summed E-state index contributed by atoms with van der Waals surface area (Å²) in [7, 11) is 0. The molecule has 1 aliphatic carbocycles. The van der Waals surface area contributed by atoms with Gasteiger partial charge in [0.2, 0.25) is 11.8 Å². The molecule has 0 aromatic carbocycles. The number of carboxylic acids is 1. The number of aliphatic carboxylic acids is 1. The fourth-order valence-corrected chi connectivity index (χ4v) is 1.31. The van der Waals surface area contributed by atoms with Crippen LogP contribution >= 0.6 is 0 Å². The Labute approximate surface area is 85.7 Å². The predicted molar refractivity (Wildman–Crippen MR) is 47.5 cm³/mol. The van der Waals surface area contributed by atoms with Crippen molar-refractivity contribution >= 4 is 11.9 Å². The number of hydrogen-bond donors (Lipinski definition) is 2. The quantitative estimate of drug-likeness (QED) is 0.747. The largest absolute Gasteiger partial charge is 0.480 e. The molecule has 4 nitrogen and oxygen atoms in total. The minimum atomic E-state index is -2.77. The normalized spacial score (nSPS) is 20.5. The SMILES string of the molecule is CC(C)(NC(=O)C1CC(F)(F)C1)C(=O)O. The number of carboxylic acid groups (broad SMARTS) is 1. The predicted octanol–water partition coefficient (Wildman–Crippen LogP) is 1.01. The monoisotopic (exact) mass is 221 g/mol. The molecule has 1 amide bonds. The first-order valence-electron chi connectivity index (χ1n) is 4.57. The van der Waals surface area contributed by atoms with E-state index >= 15 is 0 Å². The minimum Gasteiger partial charge on any atom is -0.480 e. The summed E-state index contributed by atoms with van der Waals surface area (Å²) in [5.41, 5.74) is -1.41. The number of hydrogen-bond acceptors (Lipinski definition) is 2. The summed E-state index contributed by atoms with van der Waals surface area (Å²) in [4.78, 5) is 22.0. The van der Waals surface area contributed by atoms with Gasteiger partial charge in [0.1, 0.15) is 5.54 Å². The lowest BCUT2D eigenvalue weighted by atomic mass is 9.80. The molecule has 1 fully saturated rings. The van der Waals surface area contributed by atoms with Crippen molar-refractivity contribution in [3.05, 3.63) is 0 Å². The van der Waals surface area contributed by atoms with Crippen LogP contribution in [-0.2, 0) is 9.59 Å². The van der Waals surface area contributed by atoms with Crippen molar-refractivity contribution in [3.63, 3.8) is 0 Å². The highest BCUT2D eigenvalue weighted by molar-refractivity contribution is 5.87. The molecule has 86 valence electrons. The molecule has 0 aromatic rings. The minimum absolute atomic E-state index is 0.492. The molecule has 0 aromatic heterocycles. The zero-order valence-corrected chi connectivity index (χ0v) is 8.51. The standard InChI is InChI=1S/C9H13F2NO3/c1-8(2,7(14)15)12-6(13)5-3-9(10,11)4-5/h5H,3-4H2,1-2H3,(H,12,13)(H,14,15). The summed E-state index contributed by atoms with van der Waals surface area (Å²) in [6.07, 6.45) is -0.983. The van der Waals surface area contributed by atoms with E-state index in [2.05, 4.69) is 5.32 Å². The highest BCUT2D eigenvalue weighted by Gasteiger charge is 2.49. The van der Waals surface area contributed by atoms with E-state index in [1.165, 1.54) is 13.8 Å². The number of carbonyl (C=O) groups excluding carboxylic acids is 1. The fourth-order valence-electron chi connectivity index (χ4n) is 1.31. The maximum atomic E-state index is 12.4. The topological polar surface area (TPSA) is 66.4 Å². The molecule has 0 heterocycles. The van der Waals surface area contributed by atoms with Gasteiger partial charge in [-0.1, -0.05) is 0 Å². The van der Waals surface area contributed by atoms with E-state index in [9.17, 15) is 18.4 Å². The van der Waals surface area contributed by atoms with E-state index in [1.807, 2.05) is 0 Å². The van der Waals surface area contributed by atoms with Crippen LogP contribution < -0.4 is 5.32 Å². The van der Waals surface area contributed by atoms with Crippen LogP contribution in [-0.4, -0.2) is 28.4 Å². The van der Waals surface area contributed by atoms with Gasteiger partial charge in [-0.15, -0.1) is 0 Å². The van der Waals surface area contributed by atoms with Gasteiger partial charge in [0.25, 0.3) is 0 Å². The van der Waals surface area contributed by atoms with Crippen molar-refractivity contribution in [1.29, 1.82) is 0 Å². The number of nitrogens with one attached hydrogen (secondary N) is 1. The molecule has 0 bridgehead atoms. The average molecular weight is 221 g/mol. The second-order valence-electron chi connectivity index (χ2n) is 4.38. The van der Waals surface area contributed by atoms with Gasteiger partial charge in [-0.25, -0.2) is 13.6 Å². The molecule has 0 aliphatic heterocycles. The van der Waals surface area contributed by atoms with Gasteiger partial charge >= 0.3 is 5.97 Å². The molecule has 1 aliphatic rings. The van der Waals surface area contributed by atoms with Crippen LogP contribution in [0.2, 0.25) is 0 Å². The van der Waals surface area contributed by atoms with Gasteiger partial charge in [0.05, 0.1) is 0 Å². The lowest BCUT2D eigenvalue weighted by Crippen LogP contribution is -2.54. The Morgan fingerprint density at radius 2 is 1.87 bits per heavy atom. The van der Waals surface area contributed by atoms with Crippen molar-refractivity contribution in [3.8, 4) is 0 Å². The van der Waals surface area contributed by atoms with Gasteiger partial charge in [-0.3, -0.25) is 4.79 Å². The third-order valence-electron chi connectivity index (χ3n) is 2.43. The molecule has 2 N–H and O–H groups in total. The first-order valence-corrected chi connectivity index (χ1v) is 4.57. The summed E-state index contributed by atoms with van der Waals surface area (Å²) < 4.78 is 24.9. The molecule has 1 saturated carbocycles. The third-order valence-corrected chi connectivity index (χ3v) is 2.43. The summed E-state index contributed by atoms with van der Waals surface area (Å²) in [6.45, 7) is 2.62. The first kappa shape index (κ1) is 11.9. The maximum absolute atomic E-state index is 12.4. The molecule has 0 radical (unpaired) electrons. The second-order valence-corrected chi connectivity index (χ2v) is 4.38. The van der Waals surface area contributed by atoms with Gasteiger partial charge in [0.15, 0.2) is 0 Å². The van der Waals surface area contributed by atoms with E-state index in [1.54, 1.807) is 0 Å². The Balaban J connectivity index is 2.48.